The fourth-order valence-corrected chi connectivity index (χ4v) is 4.58. The summed E-state index contributed by atoms with van der Waals surface area (Å²) in [4.78, 5) is 50.8. The van der Waals surface area contributed by atoms with E-state index in [0.717, 1.165) is 62.8 Å². The number of aliphatic carboxylic acids is 3. The highest BCUT2D eigenvalue weighted by Gasteiger charge is 2.40. The predicted molar refractivity (Wildman–Crippen MR) is 150 cm³/mol. The average Bonchev–Trinajstić information content (AvgIpc) is 3.67. The lowest BCUT2D eigenvalue weighted by atomic mass is 9.96. The topological polar surface area (TPSA) is 187 Å². The van der Waals surface area contributed by atoms with Crippen LogP contribution in [0.5, 0.6) is 0 Å². The van der Waals surface area contributed by atoms with E-state index in [0.29, 0.717) is 6.42 Å². The van der Waals surface area contributed by atoms with E-state index >= 15 is 0 Å². The standard InChI is InChI=1S/C23H28N4O2.C6H8O7/c1-19-5-10-22(29-19)17-26(13-3-12-25-15-11-24-18-25)16-20-6-8-21(9-7-20)27-14-2-4-23(27)28;7-3(8)1-6(13,5(11)12)2-4(9)10/h5-11,15,18H,2-4,12-14,16-17H2,1H3;13H,1-2H2,(H,7,8)(H,9,10)(H,11,12). The predicted octanol–water partition coefficient (Wildman–Crippen LogP) is 2.76. The van der Waals surface area contributed by atoms with E-state index in [-0.39, 0.29) is 5.91 Å². The molecule has 1 aliphatic heterocycles. The largest absolute Gasteiger partial charge is 0.481 e. The van der Waals surface area contributed by atoms with Crippen LogP contribution in [0.1, 0.15) is 49.2 Å². The lowest BCUT2D eigenvalue weighted by Crippen LogP contribution is -2.42. The van der Waals surface area contributed by atoms with Gasteiger partial charge in [0.05, 0.1) is 25.7 Å². The van der Waals surface area contributed by atoms with Gasteiger partial charge in [-0.05, 0) is 49.6 Å². The van der Waals surface area contributed by atoms with Crippen molar-refractivity contribution in [2.24, 2.45) is 0 Å². The number of rotatable bonds is 14. The van der Waals surface area contributed by atoms with Crippen LogP contribution in [0.4, 0.5) is 5.69 Å². The number of nitrogens with zero attached hydrogens (tertiary/aromatic N) is 4. The van der Waals surface area contributed by atoms with E-state index in [1.807, 2.05) is 36.6 Å². The fourth-order valence-electron chi connectivity index (χ4n) is 4.58. The summed E-state index contributed by atoms with van der Waals surface area (Å²) in [5.41, 5.74) is -0.492. The molecule has 42 heavy (non-hydrogen) atoms. The van der Waals surface area contributed by atoms with Crippen molar-refractivity contribution in [2.45, 2.75) is 64.3 Å². The molecule has 13 heteroatoms. The minimum absolute atomic E-state index is 0.229. The quantitative estimate of drug-likeness (QED) is 0.218. The van der Waals surface area contributed by atoms with E-state index in [2.05, 4.69) is 44.8 Å². The molecule has 3 heterocycles. The number of carboxylic acids is 3. The van der Waals surface area contributed by atoms with Crippen molar-refractivity contribution in [1.82, 2.24) is 14.5 Å². The number of hydrogen-bond donors (Lipinski definition) is 4. The molecule has 4 N–H and O–H groups in total. The molecule has 13 nitrogen and oxygen atoms in total. The van der Waals surface area contributed by atoms with Crippen LogP contribution in [0.2, 0.25) is 0 Å². The van der Waals surface area contributed by atoms with Gasteiger partial charge in [0.15, 0.2) is 5.60 Å². The van der Waals surface area contributed by atoms with Crippen LogP contribution in [0, 0.1) is 6.92 Å². The van der Waals surface area contributed by atoms with Crippen molar-refractivity contribution in [1.29, 1.82) is 0 Å². The maximum atomic E-state index is 12.0. The van der Waals surface area contributed by atoms with Gasteiger partial charge in [0.25, 0.3) is 0 Å². The summed E-state index contributed by atoms with van der Waals surface area (Å²) in [7, 11) is 0. The Morgan fingerprint density at radius 2 is 1.71 bits per heavy atom. The number of amides is 1. The zero-order chi connectivity index (χ0) is 30.7. The van der Waals surface area contributed by atoms with Gasteiger partial charge in [0.1, 0.15) is 11.5 Å². The third kappa shape index (κ3) is 9.85. The highest BCUT2D eigenvalue weighted by molar-refractivity contribution is 5.95. The summed E-state index contributed by atoms with van der Waals surface area (Å²) < 4.78 is 7.91. The van der Waals surface area contributed by atoms with Crippen molar-refractivity contribution in [3.8, 4) is 0 Å². The third-order valence-electron chi connectivity index (χ3n) is 6.64. The van der Waals surface area contributed by atoms with Crippen LogP contribution in [0.3, 0.4) is 0 Å². The smallest absolute Gasteiger partial charge is 0.336 e. The number of aryl methyl sites for hydroxylation is 2. The molecule has 1 amide bonds. The van der Waals surface area contributed by atoms with Crippen molar-refractivity contribution in [3.63, 3.8) is 0 Å². The van der Waals surface area contributed by atoms with Crippen LogP contribution < -0.4 is 4.90 Å². The normalized spacial score (nSPS) is 13.2. The monoisotopic (exact) mass is 584 g/mol. The molecule has 0 radical (unpaired) electrons. The van der Waals surface area contributed by atoms with Crippen LogP contribution in [0.25, 0.3) is 0 Å². The second-order valence-electron chi connectivity index (χ2n) is 10.2. The zero-order valence-corrected chi connectivity index (χ0v) is 23.4. The molecule has 0 bridgehead atoms. The van der Waals surface area contributed by atoms with Crippen LogP contribution in [-0.4, -0.2) is 77.4 Å². The summed E-state index contributed by atoms with van der Waals surface area (Å²) in [5.74, 6) is -2.86. The number of imidazole rings is 1. The maximum Gasteiger partial charge on any atom is 0.336 e. The molecule has 1 fully saturated rings. The number of carboxylic acid groups (broad SMARTS) is 3. The van der Waals surface area contributed by atoms with E-state index in [1.165, 1.54) is 5.56 Å². The van der Waals surface area contributed by atoms with Crippen LogP contribution >= 0.6 is 0 Å². The number of hydrogen-bond acceptors (Lipinski definition) is 8. The van der Waals surface area contributed by atoms with Crippen molar-refractivity contribution in [2.75, 3.05) is 18.0 Å². The van der Waals surface area contributed by atoms with E-state index in [4.69, 9.17) is 24.8 Å². The van der Waals surface area contributed by atoms with Gasteiger partial charge < -0.3 is 34.3 Å². The molecule has 0 unspecified atom stereocenters. The van der Waals surface area contributed by atoms with Gasteiger partial charge in [0, 0.05) is 50.7 Å². The molecule has 4 rings (SSSR count). The Hall–Kier alpha value is -4.49. The Kier molecular flexibility index (Phi) is 11.4. The lowest BCUT2D eigenvalue weighted by Gasteiger charge is -2.22. The SMILES string of the molecule is Cc1ccc(CN(CCCn2ccnc2)Cc2ccc(N3CCCC3=O)cc2)o1.O=C(O)CC(O)(CC(=O)O)C(=O)O. The molecule has 1 aromatic carbocycles. The summed E-state index contributed by atoms with van der Waals surface area (Å²) >= 11 is 0. The second-order valence-corrected chi connectivity index (χ2v) is 10.2. The molecule has 0 atom stereocenters. The molecular weight excluding hydrogens is 548 g/mol. The number of furan rings is 1. The average molecular weight is 585 g/mol. The first-order chi connectivity index (χ1) is 19.9. The third-order valence-corrected chi connectivity index (χ3v) is 6.64. The number of carbonyl (C=O) groups is 4. The Balaban J connectivity index is 0.000000316. The van der Waals surface area contributed by atoms with E-state index in [9.17, 15) is 19.2 Å². The first kappa shape index (κ1) is 32.0. The number of aliphatic hydroxyl groups is 1. The van der Waals surface area contributed by atoms with Crippen LogP contribution in [0.15, 0.2) is 59.5 Å². The van der Waals surface area contributed by atoms with E-state index < -0.39 is 36.4 Å². The Bertz CT molecular complexity index is 1320. The fraction of sp³-hybridized carbons (Fsp3) is 0.414. The van der Waals surface area contributed by atoms with Crippen molar-refractivity contribution in [3.05, 3.63) is 72.2 Å². The van der Waals surface area contributed by atoms with Gasteiger partial charge >= 0.3 is 17.9 Å². The van der Waals surface area contributed by atoms with Gasteiger partial charge in [-0.1, -0.05) is 12.1 Å². The number of aromatic nitrogens is 2. The summed E-state index contributed by atoms with van der Waals surface area (Å²) in [6, 6.07) is 12.5. The molecule has 1 saturated heterocycles. The molecule has 2 aromatic heterocycles. The molecule has 1 aliphatic rings. The molecule has 0 spiro atoms. The first-order valence-corrected chi connectivity index (χ1v) is 13.5. The van der Waals surface area contributed by atoms with Crippen LogP contribution in [-0.2, 0) is 38.8 Å². The minimum Gasteiger partial charge on any atom is -0.481 e. The number of anilines is 1. The molecule has 3 aromatic rings. The second kappa shape index (κ2) is 14.9. The van der Waals surface area contributed by atoms with Gasteiger partial charge in [-0.25, -0.2) is 9.78 Å². The highest BCUT2D eigenvalue weighted by atomic mass is 16.4. The first-order valence-electron chi connectivity index (χ1n) is 13.5. The van der Waals surface area contributed by atoms with Gasteiger partial charge in [-0.15, -0.1) is 0 Å². The number of benzene rings is 1. The minimum atomic E-state index is -2.74. The molecule has 226 valence electrons. The summed E-state index contributed by atoms with van der Waals surface area (Å²) in [6.07, 6.45) is 6.04. The molecular formula is C29H36N4O9. The maximum absolute atomic E-state index is 12.0. The van der Waals surface area contributed by atoms with E-state index in [1.54, 1.807) is 0 Å². The molecule has 0 aliphatic carbocycles. The molecule has 0 saturated carbocycles. The Morgan fingerprint density at radius 1 is 1.02 bits per heavy atom. The number of carbonyl (C=O) groups excluding carboxylic acids is 1. The zero-order valence-electron chi connectivity index (χ0n) is 23.4. The van der Waals surface area contributed by atoms with Gasteiger partial charge in [0.2, 0.25) is 5.91 Å². The Morgan fingerprint density at radius 3 is 2.21 bits per heavy atom. The summed E-state index contributed by atoms with van der Waals surface area (Å²) in [5, 5.41) is 33.8. The van der Waals surface area contributed by atoms with Crippen molar-refractivity contribution >= 4 is 29.5 Å². The summed E-state index contributed by atoms with van der Waals surface area (Å²) in [6.45, 7) is 6.34. The lowest BCUT2D eigenvalue weighted by molar-refractivity contribution is -0.170. The Labute approximate surface area is 242 Å². The van der Waals surface area contributed by atoms with Gasteiger partial charge in [-0.3, -0.25) is 19.3 Å². The van der Waals surface area contributed by atoms with Crippen molar-refractivity contribution < 1.29 is 44.0 Å². The highest BCUT2D eigenvalue weighted by Crippen LogP contribution is 2.22. The van der Waals surface area contributed by atoms with Gasteiger partial charge in [-0.2, -0.15) is 0 Å².